The highest BCUT2D eigenvalue weighted by Crippen LogP contribution is 2.32. The summed E-state index contributed by atoms with van der Waals surface area (Å²) in [6.45, 7) is 1.52. The van der Waals surface area contributed by atoms with Crippen LogP contribution in [-0.2, 0) is 4.79 Å². The Morgan fingerprint density at radius 2 is 2.19 bits per heavy atom. The van der Waals surface area contributed by atoms with Crippen LogP contribution in [0.15, 0.2) is 0 Å². The second-order valence-corrected chi connectivity index (χ2v) is 4.35. The zero-order valence-corrected chi connectivity index (χ0v) is 9.44. The first kappa shape index (κ1) is 11.0. The van der Waals surface area contributed by atoms with Gasteiger partial charge in [0.1, 0.15) is 0 Å². The number of rotatable bonds is 3. The quantitative estimate of drug-likeness (QED) is 0.799. The second-order valence-electron chi connectivity index (χ2n) is 4.35. The van der Waals surface area contributed by atoms with E-state index >= 15 is 0 Å². The molecule has 2 rings (SSSR count). The van der Waals surface area contributed by atoms with Crippen molar-refractivity contribution in [3.63, 3.8) is 0 Å². The highest BCUT2D eigenvalue weighted by atomic mass is 16.1. The average Bonchev–Trinajstić information content (AvgIpc) is 2.80. The van der Waals surface area contributed by atoms with Crippen molar-refractivity contribution in [3.05, 3.63) is 5.82 Å². The molecule has 1 aromatic rings. The second kappa shape index (κ2) is 5.05. The minimum atomic E-state index is -0.0865. The number of carbonyl (C=O) groups excluding carboxylic acids is 1. The lowest BCUT2D eigenvalue weighted by Gasteiger charge is -2.28. The maximum absolute atomic E-state index is 11.2. The van der Waals surface area contributed by atoms with Crippen molar-refractivity contribution < 1.29 is 4.79 Å². The maximum Gasteiger partial charge on any atom is 0.217 e. The lowest BCUT2D eigenvalue weighted by atomic mass is 9.83. The van der Waals surface area contributed by atoms with Gasteiger partial charge < -0.3 is 5.32 Å². The summed E-state index contributed by atoms with van der Waals surface area (Å²) < 4.78 is 0. The van der Waals surface area contributed by atoms with Gasteiger partial charge >= 0.3 is 0 Å². The van der Waals surface area contributed by atoms with E-state index in [9.17, 15) is 4.79 Å². The van der Waals surface area contributed by atoms with Crippen molar-refractivity contribution in [3.8, 4) is 0 Å². The van der Waals surface area contributed by atoms with Crippen molar-refractivity contribution >= 4 is 5.91 Å². The monoisotopic (exact) mass is 223 g/mol. The number of H-pyrrole nitrogens is 1. The van der Waals surface area contributed by atoms with Gasteiger partial charge in [-0.2, -0.15) is 5.21 Å². The van der Waals surface area contributed by atoms with Gasteiger partial charge in [-0.15, -0.1) is 10.2 Å². The molecule has 0 spiro atoms. The summed E-state index contributed by atoms with van der Waals surface area (Å²) in [4.78, 5) is 11.2. The van der Waals surface area contributed by atoms with Crippen LogP contribution in [0.5, 0.6) is 0 Å². The van der Waals surface area contributed by atoms with Gasteiger partial charge in [-0.25, -0.2) is 0 Å². The first-order chi connectivity index (χ1) is 7.77. The summed E-state index contributed by atoms with van der Waals surface area (Å²) in [5.74, 6) is 0.998. The first-order valence-corrected chi connectivity index (χ1v) is 5.78. The van der Waals surface area contributed by atoms with E-state index in [0.29, 0.717) is 11.7 Å². The highest BCUT2D eigenvalue weighted by Gasteiger charge is 2.28. The molecule has 0 saturated heterocycles. The fourth-order valence-electron chi connectivity index (χ4n) is 2.38. The van der Waals surface area contributed by atoms with Crippen LogP contribution >= 0.6 is 0 Å². The molecule has 1 atom stereocenters. The van der Waals surface area contributed by atoms with Crippen LogP contribution in [0.1, 0.15) is 50.9 Å². The molecular weight excluding hydrogens is 206 g/mol. The predicted octanol–water partition coefficient (Wildman–Crippen LogP) is 0.957. The molecule has 6 heteroatoms. The van der Waals surface area contributed by atoms with Gasteiger partial charge in [0.2, 0.25) is 5.91 Å². The molecule has 2 N–H and O–H groups in total. The summed E-state index contributed by atoms with van der Waals surface area (Å²) >= 11 is 0. The van der Waals surface area contributed by atoms with Gasteiger partial charge in [-0.05, 0) is 18.8 Å². The third-order valence-electron chi connectivity index (χ3n) is 3.12. The van der Waals surface area contributed by atoms with E-state index in [-0.39, 0.29) is 11.9 Å². The van der Waals surface area contributed by atoms with E-state index in [1.807, 2.05) is 0 Å². The van der Waals surface area contributed by atoms with Gasteiger partial charge in [0.15, 0.2) is 5.82 Å². The van der Waals surface area contributed by atoms with Gasteiger partial charge in [-0.3, -0.25) is 4.79 Å². The minimum absolute atomic E-state index is 0.0413. The number of nitrogens with one attached hydrogen (secondary N) is 2. The molecule has 1 amide bonds. The molecule has 1 aliphatic rings. The SMILES string of the molecule is CC(=O)NC(c1nn[nH]n1)C1CCCCC1. The zero-order chi connectivity index (χ0) is 11.4. The Hall–Kier alpha value is -1.46. The number of carbonyl (C=O) groups is 1. The van der Waals surface area contributed by atoms with Crippen molar-refractivity contribution in [2.75, 3.05) is 0 Å². The Morgan fingerprint density at radius 1 is 1.44 bits per heavy atom. The Bertz CT molecular complexity index is 331. The van der Waals surface area contributed by atoms with E-state index in [4.69, 9.17) is 0 Å². The summed E-state index contributed by atoms with van der Waals surface area (Å²) in [5.41, 5.74) is 0. The fraction of sp³-hybridized carbons (Fsp3) is 0.800. The van der Waals surface area contributed by atoms with Crippen LogP contribution in [0.25, 0.3) is 0 Å². The topological polar surface area (TPSA) is 83.6 Å². The number of aromatic amines is 1. The normalized spacial score (nSPS) is 19.3. The molecule has 1 aromatic heterocycles. The molecule has 0 radical (unpaired) electrons. The molecule has 1 aliphatic carbocycles. The van der Waals surface area contributed by atoms with E-state index < -0.39 is 0 Å². The molecule has 0 aliphatic heterocycles. The third kappa shape index (κ3) is 2.56. The van der Waals surface area contributed by atoms with Crippen LogP contribution in [0, 0.1) is 5.92 Å². The number of hydrogen-bond donors (Lipinski definition) is 2. The molecule has 1 fully saturated rings. The van der Waals surface area contributed by atoms with Gasteiger partial charge in [0.25, 0.3) is 0 Å². The molecule has 1 saturated carbocycles. The molecule has 0 bridgehead atoms. The molecule has 88 valence electrons. The lowest BCUT2D eigenvalue weighted by molar-refractivity contribution is -0.120. The summed E-state index contributed by atoms with van der Waals surface area (Å²) in [6.07, 6.45) is 5.98. The van der Waals surface area contributed by atoms with Gasteiger partial charge in [-0.1, -0.05) is 24.5 Å². The van der Waals surface area contributed by atoms with Gasteiger partial charge in [0, 0.05) is 6.92 Å². The van der Waals surface area contributed by atoms with Crippen molar-refractivity contribution in [2.24, 2.45) is 5.92 Å². The molecule has 1 heterocycles. The van der Waals surface area contributed by atoms with Crippen LogP contribution in [0.3, 0.4) is 0 Å². The van der Waals surface area contributed by atoms with E-state index in [2.05, 4.69) is 25.9 Å². The average molecular weight is 223 g/mol. The largest absolute Gasteiger partial charge is 0.346 e. The molecule has 1 unspecified atom stereocenters. The summed E-state index contributed by atoms with van der Waals surface area (Å²) in [5, 5.41) is 16.9. The Balaban J connectivity index is 2.10. The van der Waals surface area contributed by atoms with Crippen molar-refractivity contribution in [2.45, 2.75) is 45.1 Å². The number of nitrogens with zero attached hydrogens (tertiary/aromatic N) is 3. The summed E-state index contributed by atoms with van der Waals surface area (Å²) in [6, 6.07) is -0.0865. The maximum atomic E-state index is 11.2. The van der Waals surface area contributed by atoms with E-state index in [1.165, 1.54) is 26.2 Å². The Morgan fingerprint density at radius 3 is 2.75 bits per heavy atom. The number of tetrazole rings is 1. The Kier molecular flexibility index (Phi) is 3.48. The van der Waals surface area contributed by atoms with Gasteiger partial charge in [0.05, 0.1) is 6.04 Å². The van der Waals surface area contributed by atoms with E-state index in [0.717, 1.165) is 12.8 Å². The van der Waals surface area contributed by atoms with Crippen LogP contribution in [-0.4, -0.2) is 26.5 Å². The van der Waals surface area contributed by atoms with Crippen LogP contribution in [0.2, 0.25) is 0 Å². The first-order valence-electron chi connectivity index (χ1n) is 5.78. The molecule has 0 aromatic carbocycles. The minimum Gasteiger partial charge on any atom is -0.346 e. The van der Waals surface area contributed by atoms with E-state index in [1.54, 1.807) is 0 Å². The van der Waals surface area contributed by atoms with Crippen LogP contribution < -0.4 is 5.32 Å². The number of aromatic nitrogens is 4. The molecule has 6 nitrogen and oxygen atoms in total. The zero-order valence-electron chi connectivity index (χ0n) is 9.44. The smallest absolute Gasteiger partial charge is 0.217 e. The predicted molar refractivity (Wildman–Crippen MR) is 57.3 cm³/mol. The number of hydrogen-bond acceptors (Lipinski definition) is 4. The fourth-order valence-corrected chi connectivity index (χ4v) is 2.38. The Labute approximate surface area is 94.2 Å². The summed E-state index contributed by atoms with van der Waals surface area (Å²) in [7, 11) is 0. The standard InChI is InChI=1S/C10H17N5O/c1-7(16)11-9(10-12-14-15-13-10)8-5-3-2-4-6-8/h8-9H,2-6H2,1H3,(H,11,16)(H,12,13,14,15). The van der Waals surface area contributed by atoms with Crippen molar-refractivity contribution in [1.82, 2.24) is 25.9 Å². The molecular formula is C10H17N5O. The molecule has 16 heavy (non-hydrogen) atoms. The lowest BCUT2D eigenvalue weighted by Crippen LogP contribution is -2.33. The third-order valence-corrected chi connectivity index (χ3v) is 3.12. The van der Waals surface area contributed by atoms with Crippen LogP contribution in [0.4, 0.5) is 0 Å². The highest BCUT2D eigenvalue weighted by molar-refractivity contribution is 5.73. The van der Waals surface area contributed by atoms with Crippen molar-refractivity contribution in [1.29, 1.82) is 0 Å². The number of amides is 1.